The summed E-state index contributed by atoms with van der Waals surface area (Å²) < 4.78 is 0. The summed E-state index contributed by atoms with van der Waals surface area (Å²) in [6.07, 6.45) is 9.39. The summed E-state index contributed by atoms with van der Waals surface area (Å²) in [6, 6.07) is 64.7. The Morgan fingerprint density at radius 1 is 0.380 bits per heavy atom. The molecule has 10 rings (SSSR count). The monoisotopic (exact) mass is 637 g/mol. The maximum atomic E-state index is 2.48. The fourth-order valence-corrected chi connectivity index (χ4v) is 9.05. The Kier molecular flexibility index (Phi) is 6.60. The zero-order valence-corrected chi connectivity index (χ0v) is 27.7. The van der Waals surface area contributed by atoms with Crippen molar-refractivity contribution in [3.63, 3.8) is 0 Å². The Morgan fingerprint density at radius 3 is 1.40 bits per heavy atom. The molecule has 2 unspecified atom stereocenters. The van der Waals surface area contributed by atoms with Crippen LogP contribution in [0.5, 0.6) is 0 Å². The lowest BCUT2D eigenvalue weighted by atomic mass is 9.65. The predicted molar refractivity (Wildman–Crippen MR) is 208 cm³/mol. The number of allylic oxidation sites excluding steroid dienone is 4. The lowest BCUT2D eigenvalue weighted by molar-refractivity contribution is 0.465. The van der Waals surface area contributed by atoms with Gasteiger partial charge in [-0.1, -0.05) is 164 Å². The van der Waals surface area contributed by atoms with Crippen LogP contribution in [0.2, 0.25) is 0 Å². The molecule has 0 aliphatic heterocycles. The highest BCUT2D eigenvalue weighted by molar-refractivity contribution is 5.87. The molecule has 0 radical (unpaired) electrons. The van der Waals surface area contributed by atoms with Gasteiger partial charge in [0, 0.05) is 28.9 Å². The molecule has 1 spiro atoms. The van der Waals surface area contributed by atoms with Crippen molar-refractivity contribution in [1.82, 2.24) is 0 Å². The smallest absolute Gasteiger partial charge is 0.0537 e. The Labute approximate surface area is 294 Å². The van der Waals surface area contributed by atoms with E-state index in [9.17, 15) is 0 Å². The first kappa shape index (κ1) is 28.8. The normalized spacial score (nSPS) is 17.2. The van der Waals surface area contributed by atoms with E-state index in [-0.39, 0.29) is 11.3 Å². The highest BCUT2D eigenvalue weighted by Crippen LogP contribution is 2.65. The average molecular weight is 638 g/mol. The maximum absolute atomic E-state index is 2.48. The van der Waals surface area contributed by atoms with E-state index < -0.39 is 0 Å². The molecule has 0 heterocycles. The molecule has 1 nitrogen and oxygen atoms in total. The lowest BCUT2D eigenvalue weighted by Crippen LogP contribution is -2.32. The van der Waals surface area contributed by atoms with E-state index in [1.54, 1.807) is 0 Å². The van der Waals surface area contributed by atoms with Gasteiger partial charge in [-0.2, -0.15) is 0 Å². The summed E-state index contributed by atoms with van der Waals surface area (Å²) in [5.74, 6) is 0.572. The standard InChI is InChI=1S/C49H35N/c1-3-13-34(14-4-1)36-23-27-38(28-24-36)50(39-29-25-37(26-30-39)35-15-5-2-6-16-35)40-31-32-48-44(33-40)43-19-9-12-22-47(43)49(48)45-20-10-7-17-41(45)42-18-8-11-21-46(42)49/h1-33,43,47H. The summed E-state index contributed by atoms with van der Waals surface area (Å²) >= 11 is 0. The van der Waals surface area contributed by atoms with E-state index in [1.807, 2.05) is 0 Å². The molecule has 0 N–H and O–H groups in total. The van der Waals surface area contributed by atoms with Gasteiger partial charge in [-0.25, -0.2) is 0 Å². The zero-order chi connectivity index (χ0) is 33.1. The predicted octanol–water partition coefficient (Wildman–Crippen LogP) is 12.6. The first-order chi connectivity index (χ1) is 24.8. The largest absolute Gasteiger partial charge is 0.310 e. The van der Waals surface area contributed by atoms with Crippen LogP contribution in [0.4, 0.5) is 17.1 Å². The van der Waals surface area contributed by atoms with E-state index in [0.717, 1.165) is 11.4 Å². The first-order valence-electron chi connectivity index (χ1n) is 17.6. The van der Waals surface area contributed by atoms with Gasteiger partial charge in [-0.05, 0) is 92.0 Å². The van der Waals surface area contributed by atoms with Crippen LogP contribution in [-0.4, -0.2) is 0 Å². The number of anilines is 3. The number of nitrogens with zero attached hydrogens (tertiary/aromatic N) is 1. The molecule has 0 saturated carbocycles. The summed E-state index contributed by atoms with van der Waals surface area (Å²) in [4.78, 5) is 2.42. The van der Waals surface area contributed by atoms with Gasteiger partial charge in [0.05, 0.1) is 5.41 Å². The number of hydrogen-bond acceptors (Lipinski definition) is 1. The molecule has 1 heteroatoms. The summed E-state index contributed by atoms with van der Waals surface area (Å²) in [5.41, 5.74) is 16.5. The van der Waals surface area contributed by atoms with Crippen LogP contribution < -0.4 is 4.90 Å². The highest BCUT2D eigenvalue weighted by atomic mass is 15.1. The maximum Gasteiger partial charge on any atom is 0.0537 e. The van der Waals surface area contributed by atoms with Crippen molar-refractivity contribution in [2.75, 3.05) is 4.90 Å². The van der Waals surface area contributed by atoms with Gasteiger partial charge in [0.25, 0.3) is 0 Å². The van der Waals surface area contributed by atoms with Crippen molar-refractivity contribution >= 4 is 17.1 Å². The second-order valence-electron chi connectivity index (χ2n) is 13.7. The van der Waals surface area contributed by atoms with Crippen molar-refractivity contribution in [3.05, 3.63) is 222 Å². The molecule has 2 atom stereocenters. The highest BCUT2D eigenvalue weighted by Gasteiger charge is 2.57. The van der Waals surface area contributed by atoms with E-state index in [2.05, 4.69) is 205 Å². The van der Waals surface area contributed by atoms with Crippen LogP contribution in [0.1, 0.15) is 28.2 Å². The van der Waals surface area contributed by atoms with Gasteiger partial charge >= 0.3 is 0 Å². The van der Waals surface area contributed by atoms with Crippen LogP contribution in [-0.2, 0) is 5.41 Å². The SMILES string of the molecule is C1=CC2c3cc(N(c4ccc(-c5ccccc5)cc4)c4ccc(-c5ccccc5)cc4)ccc3C3(c4ccccc4-c4ccccc43)C2C=C1. The average Bonchev–Trinajstić information content (AvgIpc) is 3.66. The third kappa shape index (κ3) is 4.27. The number of fused-ring (bicyclic) bond motifs is 10. The molecule has 0 aromatic heterocycles. The van der Waals surface area contributed by atoms with Crippen molar-refractivity contribution in [1.29, 1.82) is 0 Å². The lowest BCUT2D eigenvalue weighted by Gasteiger charge is -2.36. The Hall–Kier alpha value is -6.18. The third-order valence-corrected chi connectivity index (χ3v) is 11.2. The molecule has 236 valence electrons. The molecule has 0 saturated heterocycles. The van der Waals surface area contributed by atoms with Crippen LogP contribution >= 0.6 is 0 Å². The van der Waals surface area contributed by atoms with Crippen LogP contribution in [0.15, 0.2) is 200 Å². The number of benzene rings is 7. The molecule has 0 bridgehead atoms. The summed E-state index contributed by atoms with van der Waals surface area (Å²) in [7, 11) is 0. The van der Waals surface area contributed by atoms with Crippen molar-refractivity contribution < 1.29 is 0 Å². The fraction of sp³-hybridized carbons (Fsp3) is 0.0612. The van der Waals surface area contributed by atoms with E-state index in [0.29, 0.717) is 5.92 Å². The summed E-state index contributed by atoms with van der Waals surface area (Å²) in [5, 5.41) is 0. The van der Waals surface area contributed by atoms with Gasteiger partial charge in [0.15, 0.2) is 0 Å². The Morgan fingerprint density at radius 2 is 0.840 bits per heavy atom. The zero-order valence-electron chi connectivity index (χ0n) is 27.7. The molecule has 3 aliphatic rings. The second kappa shape index (κ2) is 11.5. The van der Waals surface area contributed by atoms with E-state index in [4.69, 9.17) is 0 Å². The van der Waals surface area contributed by atoms with Gasteiger partial charge in [-0.3, -0.25) is 0 Å². The van der Waals surface area contributed by atoms with E-state index in [1.165, 1.54) is 61.3 Å². The number of hydrogen-bond donors (Lipinski definition) is 0. The van der Waals surface area contributed by atoms with E-state index >= 15 is 0 Å². The minimum atomic E-state index is -0.230. The Balaban J connectivity index is 1.15. The molecule has 7 aromatic carbocycles. The number of rotatable bonds is 5. The molecule has 0 fully saturated rings. The second-order valence-corrected chi connectivity index (χ2v) is 13.7. The topological polar surface area (TPSA) is 3.24 Å². The Bertz CT molecular complexity index is 2290. The van der Waals surface area contributed by atoms with Crippen molar-refractivity contribution in [2.24, 2.45) is 5.92 Å². The van der Waals surface area contributed by atoms with Crippen LogP contribution in [0.3, 0.4) is 0 Å². The van der Waals surface area contributed by atoms with Gasteiger partial charge < -0.3 is 4.90 Å². The minimum Gasteiger partial charge on any atom is -0.310 e. The molecular weight excluding hydrogens is 603 g/mol. The quantitative estimate of drug-likeness (QED) is 0.182. The van der Waals surface area contributed by atoms with Gasteiger partial charge in [0.2, 0.25) is 0 Å². The van der Waals surface area contributed by atoms with Gasteiger partial charge in [0.1, 0.15) is 0 Å². The molecule has 50 heavy (non-hydrogen) atoms. The van der Waals surface area contributed by atoms with Gasteiger partial charge in [-0.15, -0.1) is 0 Å². The molecular formula is C49H35N. The summed E-state index contributed by atoms with van der Waals surface area (Å²) in [6.45, 7) is 0. The van der Waals surface area contributed by atoms with Crippen LogP contribution in [0.25, 0.3) is 33.4 Å². The molecule has 0 amide bonds. The first-order valence-corrected chi connectivity index (χ1v) is 17.6. The minimum absolute atomic E-state index is 0.230. The van der Waals surface area contributed by atoms with Crippen molar-refractivity contribution in [3.8, 4) is 33.4 Å². The van der Waals surface area contributed by atoms with Crippen molar-refractivity contribution in [2.45, 2.75) is 11.3 Å². The molecule has 7 aromatic rings. The van der Waals surface area contributed by atoms with Crippen LogP contribution in [0, 0.1) is 5.92 Å². The fourth-order valence-electron chi connectivity index (χ4n) is 9.05. The third-order valence-electron chi connectivity index (χ3n) is 11.2. The molecule has 3 aliphatic carbocycles.